The number of carbonyl (C=O) groups is 3. The number of hydrogen-bond acceptors (Lipinski definition) is 15. The van der Waals surface area contributed by atoms with Gasteiger partial charge in [-0.25, -0.2) is 14.0 Å². The van der Waals surface area contributed by atoms with Crippen LogP contribution in [0.15, 0.2) is 36.4 Å². The van der Waals surface area contributed by atoms with Crippen LogP contribution in [0.1, 0.15) is 22.1 Å². The number of nitrogens with zero attached hydrogens (tertiary/aromatic N) is 3. The van der Waals surface area contributed by atoms with Crippen LogP contribution in [0.5, 0.6) is 0 Å². The molecule has 0 amide bonds. The number of benzene rings is 2. The van der Waals surface area contributed by atoms with Gasteiger partial charge in [-0.15, -0.1) is 0 Å². The predicted octanol–water partition coefficient (Wildman–Crippen LogP) is -5.10. The van der Waals surface area contributed by atoms with Gasteiger partial charge in [0.05, 0.1) is 61.7 Å². The molecule has 0 spiro atoms. The molecule has 4 rings (SSSR count). The quantitative estimate of drug-likeness (QED) is 0.0747. The fourth-order valence-electron chi connectivity index (χ4n) is 3.40. The van der Waals surface area contributed by atoms with Crippen LogP contribution in [0, 0.1) is 26.0 Å². The van der Waals surface area contributed by atoms with E-state index in [1.165, 1.54) is 19.2 Å². The molecule has 17 nitrogen and oxygen atoms in total. The van der Waals surface area contributed by atoms with Crippen molar-refractivity contribution in [2.75, 3.05) is 71.7 Å². The van der Waals surface area contributed by atoms with Crippen molar-refractivity contribution in [2.24, 2.45) is 0 Å². The van der Waals surface area contributed by atoms with E-state index in [1.807, 2.05) is 4.90 Å². The number of esters is 2. The number of ether oxygens (including phenoxy) is 4. The second kappa shape index (κ2) is 26.5. The van der Waals surface area contributed by atoms with E-state index in [0.29, 0.717) is 32.0 Å². The summed E-state index contributed by atoms with van der Waals surface area (Å²) in [6, 6.07) is 6.87. The van der Waals surface area contributed by atoms with Crippen LogP contribution in [0.2, 0.25) is 0 Å². The molecule has 238 valence electrons. The Morgan fingerprint density at radius 2 is 1.33 bits per heavy atom. The molecule has 2 aliphatic rings. The molecule has 2 heterocycles. The summed E-state index contributed by atoms with van der Waals surface area (Å²) in [5, 5.41) is 32.7. The van der Waals surface area contributed by atoms with Crippen LogP contribution in [-0.2, 0) is 28.6 Å². The van der Waals surface area contributed by atoms with E-state index >= 15 is 0 Å². The topological polar surface area (TPSA) is 222 Å². The summed E-state index contributed by atoms with van der Waals surface area (Å²) in [6.45, 7) is 6.07. The van der Waals surface area contributed by atoms with E-state index in [1.54, 1.807) is 6.07 Å². The Kier molecular flexibility index (Phi) is 26.9. The van der Waals surface area contributed by atoms with Crippen LogP contribution >= 0.6 is 0 Å². The van der Waals surface area contributed by atoms with Crippen LogP contribution in [-0.4, -0.2) is 95.1 Å². The van der Waals surface area contributed by atoms with Crippen LogP contribution in [0.25, 0.3) is 0 Å². The average Bonchev–Trinajstić information content (AvgIpc) is 3.05. The van der Waals surface area contributed by atoms with Gasteiger partial charge in [0.1, 0.15) is 11.4 Å². The minimum Gasteiger partial charge on any atom is -1.00 e. The Balaban J connectivity index is -0.000000602. The monoisotopic (exact) mass is 692 g/mol. The molecular weight excluding hydrogens is 661 g/mol. The molecule has 45 heavy (non-hydrogen) atoms. The standard InChI is InChI=1S/C12H14N2O5.C8H6FNO4.C4H9NO.CH2O3.2K.H/c1-18-12(15)10-8-9(14(16)17)2-3-11(10)13-4-6-19-7-5-13;1-14-8(11)6-4-5(10(12)13)2-3-7(6)9;1-3-6-4-2-5-1;2-1-4-3;;;/h2-3,8H,4-7H2,1H3;2-4H,1H3;5H,1-4H2;1,3H;;;/q;;;;2*+1;-1/p-1. The number of non-ortho nitro benzene ring substituents is 2. The first-order valence-electron chi connectivity index (χ1n) is 12.3. The molecule has 0 unspecified atom stereocenters. The van der Waals surface area contributed by atoms with Gasteiger partial charge in [-0.05, 0) is 12.1 Å². The number of nitro groups is 2. The molecule has 0 radical (unpaired) electrons. The summed E-state index contributed by atoms with van der Waals surface area (Å²) in [6.07, 6.45) is 0. The molecular formula is C25H31FK2N4O13. The number of nitrogens with one attached hydrogen (secondary N) is 1. The minimum absolute atomic E-state index is 0. The third-order valence-electron chi connectivity index (χ3n) is 5.40. The van der Waals surface area contributed by atoms with Gasteiger partial charge >= 0.3 is 115 Å². The number of rotatable bonds is 6. The number of halogens is 1. The van der Waals surface area contributed by atoms with Crippen molar-refractivity contribution in [1.82, 2.24) is 5.32 Å². The molecule has 2 saturated heterocycles. The first kappa shape index (κ1) is 45.6. The zero-order valence-corrected chi connectivity index (χ0v) is 31.5. The Morgan fingerprint density at radius 3 is 1.73 bits per heavy atom. The van der Waals surface area contributed by atoms with Crippen molar-refractivity contribution >= 4 is 35.5 Å². The van der Waals surface area contributed by atoms with Crippen molar-refractivity contribution in [2.45, 2.75) is 0 Å². The van der Waals surface area contributed by atoms with E-state index in [0.717, 1.165) is 51.6 Å². The van der Waals surface area contributed by atoms with Crippen molar-refractivity contribution in [3.05, 3.63) is 73.6 Å². The number of nitro benzene ring substituents is 2. The molecule has 0 aromatic heterocycles. The molecule has 2 aliphatic heterocycles. The molecule has 20 heteroatoms. The number of carbonyl (C=O) groups excluding carboxylic acids is 3. The van der Waals surface area contributed by atoms with Crippen LogP contribution in [0.4, 0.5) is 21.5 Å². The van der Waals surface area contributed by atoms with Gasteiger partial charge in [0.25, 0.3) is 17.8 Å². The smallest absolute Gasteiger partial charge is 1.00 e. The van der Waals surface area contributed by atoms with E-state index < -0.39 is 33.2 Å². The molecule has 0 aliphatic carbocycles. The largest absolute Gasteiger partial charge is 1.00 e. The summed E-state index contributed by atoms with van der Waals surface area (Å²) in [5.74, 6) is -2.36. The molecule has 0 saturated carbocycles. The van der Waals surface area contributed by atoms with Crippen molar-refractivity contribution in [1.29, 1.82) is 0 Å². The number of anilines is 1. The molecule has 2 fully saturated rings. The van der Waals surface area contributed by atoms with E-state index in [4.69, 9.17) is 19.5 Å². The normalized spacial score (nSPS) is 13.0. The van der Waals surface area contributed by atoms with Crippen molar-refractivity contribution in [3.8, 4) is 0 Å². The SMILES string of the molecule is C1COCCN1.COC(=O)c1cc([N+](=O)[O-])ccc1F.COC(=O)c1cc([N+](=O)[O-])ccc1N1CCOCC1.O=CO[O-].[H-].[K+].[K+]. The van der Waals surface area contributed by atoms with Gasteiger partial charge < -0.3 is 40.7 Å². The van der Waals surface area contributed by atoms with Crippen molar-refractivity contribution in [3.63, 3.8) is 0 Å². The summed E-state index contributed by atoms with van der Waals surface area (Å²) in [4.78, 5) is 55.7. The third-order valence-corrected chi connectivity index (χ3v) is 5.40. The maximum absolute atomic E-state index is 12.9. The van der Waals surface area contributed by atoms with Gasteiger partial charge in [0.2, 0.25) is 0 Å². The Morgan fingerprint density at radius 1 is 0.889 bits per heavy atom. The van der Waals surface area contributed by atoms with E-state index in [-0.39, 0.29) is 128 Å². The van der Waals surface area contributed by atoms with Gasteiger partial charge in [-0.2, -0.15) is 0 Å². The zero-order chi connectivity index (χ0) is 32.2. The fraction of sp³-hybridized carbons (Fsp3) is 0.400. The molecule has 2 aromatic carbocycles. The predicted molar refractivity (Wildman–Crippen MR) is 144 cm³/mol. The molecule has 0 bridgehead atoms. The van der Waals surface area contributed by atoms with Crippen LogP contribution < -0.4 is 118 Å². The second-order valence-electron chi connectivity index (χ2n) is 8.02. The zero-order valence-electron chi connectivity index (χ0n) is 26.2. The van der Waals surface area contributed by atoms with Gasteiger partial charge in [0.15, 0.2) is 0 Å². The summed E-state index contributed by atoms with van der Waals surface area (Å²) in [7, 11) is 2.32. The van der Waals surface area contributed by atoms with Gasteiger partial charge in [0, 0.05) is 50.4 Å². The van der Waals surface area contributed by atoms with Crippen LogP contribution in [0.3, 0.4) is 0 Å². The first-order valence-corrected chi connectivity index (χ1v) is 12.3. The number of methoxy groups -OCH3 is 2. The van der Waals surface area contributed by atoms with Gasteiger partial charge in [-0.1, -0.05) is 0 Å². The first-order chi connectivity index (χ1) is 20.6. The number of morpholine rings is 2. The molecule has 2 aromatic rings. The maximum Gasteiger partial charge on any atom is 1.00 e. The minimum atomic E-state index is -0.939. The average molecular weight is 693 g/mol. The Labute approximate surface area is 343 Å². The van der Waals surface area contributed by atoms with Gasteiger partial charge in [-0.3, -0.25) is 25.0 Å². The maximum atomic E-state index is 12.9. The Bertz CT molecular complexity index is 1230. The summed E-state index contributed by atoms with van der Waals surface area (Å²) < 4.78 is 32.1. The van der Waals surface area contributed by atoms with Crippen molar-refractivity contribution < 1.29 is 162 Å². The summed E-state index contributed by atoms with van der Waals surface area (Å²) in [5.41, 5.74) is -0.0785. The third kappa shape index (κ3) is 17.3. The van der Waals surface area contributed by atoms with E-state index in [2.05, 4.69) is 19.7 Å². The summed E-state index contributed by atoms with van der Waals surface area (Å²) >= 11 is 0. The Hall–Kier alpha value is -1.51. The molecule has 0 atom stereocenters. The molecule has 1 N–H and O–H groups in total. The fourth-order valence-corrected chi connectivity index (χ4v) is 3.40. The van der Waals surface area contributed by atoms with E-state index in [9.17, 15) is 34.2 Å². The second-order valence-corrected chi connectivity index (χ2v) is 8.02. The number of hydrogen-bond donors (Lipinski definition) is 1.